The molecule has 3 aromatic rings. The van der Waals surface area contributed by atoms with Crippen molar-refractivity contribution in [1.29, 1.82) is 5.26 Å². The highest BCUT2D eigenvalue weighted by molar-refractivity contribution is 6.02. The van der Waals surface area contributed by atoms with Gasteiger partial charge in [0.2, 0.25) is 5.91 Å². The van der Waals surface area contributed by atoms with E-state index in [-0.39, 0.29) is 18.8 Å². The van der Waals surface area contributed by atoms with Crippen molar-refractivity contribution in [2.45, 2.75) is 25.7 Å². The lowest BCUT2D eigenvalue weighted by molar-refractivity contribution is -0.385. The Morgan fingerprint density at radius 3 is 2.47 bits per heavy atom. The number of alkyl halides is 3. The molecular formula is C28H23F3N4O3. The highest BCUT2D eigenvalue weighted by Crippen LogP contribution is 2.34. The van der Waals surface area contributed by atoms with Crippen molar-refractivity contribution in [1.82, 2.24) is 10.2 Å². The zero-order valence-electron chi connectivity index (χ0n) is 20.2. The zero-order valence-corrected chi connectivity index (χ0v) is 20.2. The number of nitriles is 1. The molecule has 1 aliphatic rings. The molecule has 38 heavy (non-hydrogen) atoms. The van der Waals surface area contributed by atoms with Gasteiger partial charge in [0.05, 0.1) is 27.7 Å². The second-order valence-corrected chi connectivity index (χ2v) is 8.88. The Hall–Kier alpha value is -4.49. The standard InChI is InChI=1S/C28H23F3N4O3/c29-28(30,31)22-10-8-19(9-11-22)16-33-27(36)25-18-34(17-21-5-3-4-20(14-21)15-32)13-12-23(25)24-6-1-2-7-26(24)35(37)38/h1-11,14H,12-13,16-18H2,(H,33,36). The molecule has 1 heterocycles. The number of carbonyl (C=O) groups is 1. The van der Waals surface area contributed by atoms with Crippen LogP contribution in [-0.2, 0) is 24.1 Å². The predicted molar refractivity (Wildman–Crippen MR) is 134 cm³/mol. The van der Waals surface area contributed by atoms with Crippen LogP contribution in [0, 0.1) is 21.4 Å². The monoisotopic (exact) mass is 520 g/mol. The van der Waals surface area contributed by atoms with Crippen molar-refractivity contribution in [3.05, 3.63) is 116 Å². The Labute approximate surface area is 217 Å². The molecule has 4 rings (SSSR count). The van der Waals surface area contributed by atoms with Crippen LogP contribution in [0.25, 0.3) is 5.57 Å². The largest absolute Gasteiger partial charge is 0.416 e. The van der Waals surface area contributed by atoms with Crippen LogP contribution in [0.2, 0.25) is 0 Å². The molecule has 3 aromatic carbocycles. The van der Waals surface area contributed by atoms with Crippen LogP contribution in [0.15, 0.2) is 78.4 Å². The van der Waals surface area contributed by atoms with E-state index < -0.39 is 22.6 Å². The van der Waals surface area contributed by atoms with E-state index in [1.165, 1.54) is 18.2 Å². The molecule has 10 heteroatoms. The van der Waals surface area contributed by atoms with E-state index in [0.29, 0.717) is 47.3 Å². The van der Waals surface area contributed by atoms with Gasteiger partial charge < -0.3 is 5.32 Å². The Balaban J connectivity index is 1.60. The maximum atomic E-state index is 13.4. The Kier molecular flexibility index (Phi) is 7.88. The number of hydrogen-bond acceptors (Lipinski definition) is 5. The van der Waals surface area contributed by atoms with Crippen molar-refractivity contribution >= 4 is 17.2 Å². The number of para-hydroxylation sites is 1. The summed E-state index contributed by atoms with van der Waals surface area (Å²) in [5, 5.41) is 23.6. The number of nitrogens with zero attached hydrogens (tertiary/aromatic N) is 3. The summed E-state index contributed by atoms with van der Waals surface area (Å²) in [6.07, 6.45) is -4.07. The van der Waals surface area contributed by atoms with Crippen LogP contribution in [0.1, 0.15) is 34.2 Å². The molecule has 1 amide bonds. The number of hydrogen-bond donors (Lipinski definition) is 1. The van der Waals surface area contributed by atoms with Gasteiger partial charge in [-0.1, -0.05) is 36.4 Å². The first-order valence-corrected chi connectivity index (χ1v) is 11.8. The highest BCUT2D eigenvalue weighted by atomic mass is 19.4. The van der Waals surface area contributed by atoms with E-state index in [1.807, 2.05) is 11.0 Å². The quantitative estimate of drug-likeness (QED) is 0.329. The minimum atomic E-state index is -4.45. The van der Waals surface area contributed by atoms with Crippen molar-refractivity contribution in [3.8, 4) is 6.07 Å². The second kappa shape index (κ2) is 11.3. The number of nitro groups is 1. The van der Waals surface area contributed by atoms with E-state index in [1.54, 1.807) is 36.4 Å². The fourth-order valence-corrected chi connectivity index (χ4v) is 4.45. The first kappa shape index (κ1) is 26.6. The molecule has 1 N–H and O–H groups in total. The van der Waals surface area contributed by atoms with Crippen LogP contribution >= 0.6 is 0 Å². The molecule has 7 nitrogen and oxygen atoms in total. The molecule has 194 valence electrons. The molecule has 0 unspecified atom stereocenters. The van der Waals surface area contributed by atoms with E-state index in [9.17, 15) is 33.3 Å². The van der Waals surface area contributed by atoms with Gasteiger partial charge in [0.15, 0.2) is 0 Å². The van der Waals surface area contributed by atoms with Crippen LogP contribution in [0.4, 0.5) is 18.9 Å². The highest BCUT2D eigenvalue weighted by Gasteiger charge is 2.30. The number of carbonyl (C=O) groups excluding carboxylic acids is 1. The summed E-state index contributed by atoms with van der Waals surface area (Å²) in [5.74, 6) is -0.450. The summed E-state index contributed by atoms with van der Waals surface area (Å²) in [4.78, 5) is 26.6. The summed E-state index contributed by atoms with van der Waals surface area (Å²) < 4.78 is 38.6. The van der Waals surface area contributed by atoms with Crippen LogP contribution in [0.3, 0.4) is 0 Å². The van der Waals surface area contributed by atoms with E-state index in [2.05, 4.69) is 11.4 Å². The van der Waals surface area contributed by atoms with Crippen molar-refractivity contribution in [2.24, 2.45) is 0 Å². The first-order chi connectivity index (χ1) is 18.2. The predicted octanol–water partition coefficient (Wildman–Crippen LogP) is 5.46. The lowest BCUT2D eigenvalue weighted by Crippen LogP contribution is -2.37. The van der Waals surface area contributed by atoms with Crippen molar-refractivity contribution < 1.29 is 22.9 Å². The first-order valence-electron chi connectivity index (χ1n) is 11.8. The molecule has 0 bridgehead atoms. The molecule has 0 aromatic heterocycles. The fourth-order valence-electron chi connectivity index (χ4n) is 4.45. The number of halogens is 3. The van der Waals surface area contributed by atoms with Crippen LogP contribution in [0.5, 0.6) is 0 Å². The van der Waals surface area contributed by atoms with Gasteiger partial charge in [-0.15, -0.1) is 0 Å². The summed E-state index contributed by atoms with van der Waals surface area (Å²) >= 11 is 0. The average Bonchev–Trinajstić information content (AvgIpc) is 2.91. The molecule has 0 spiro atoms. The third-order valence-electron chi connectivity index (χ3n) is 6.32. The lowest BCUT2D eigenvalue weighted by atomic mass is 9.91. The van der Waals surface area contributed by atoms with Crippen molar-refractivity contribution in [2.75, 3.05) is 13.1 Å². The van der Waals surface area contributed by atoms with E-state index in [0.717, 1.165) is 17.7 Å². The topological polar surface area (TPSA) is 99.3 Å². The van der Waals surface area contributed by atoms with Gasteiger partial charge in [-0.25, -0.2) is 0 Å². The van der Waals surface area contributed by atoms with Gasteiger partial charge in [-0.3, -0.25) is 19.8 Å². The van der Waals surface area contributed by atoms with Crippen molar-refractivity contribution in [3.63, 3.8) is 0 Å². The minimum Gasteiger partial charge on any atom is -0.348 e. The number of rotatable bonds is 7. The minimum absolute atomic E-state index is 0.00511. The van der Waals surface area contributed by atoms with E-state index >= 15 is 0 Å². The normalized spacial score (nSPS) is 14.2. The molecule has 0 fully saturated rings. The maximum Gasteiger partial charge on any atom is 0.416 e. The molecule has 0 radical (unpaired) electrons. The number of benzene rings is 3. The number of nitrogens with one attached hydrogen (secondary N) is 1. The summed E-state index contributed by atoms with van der Waals surface area (Å²) in [5.41, 5.74) is 2.29. The molecule has 1 aliphatic heterocycles. The molecule has 0 atom stereocenters. The smallest absolute Gasteiger partial charge is 0.348 e. The van der Waals surface area contributed by atoms with Gasteiger partial charge >= 0.3 is 6.18 Å². The molecular weight excluding hydrogens is 497 g/mol. The van der Waals surface area contributed by atoms with E-state index in [4.69, 9.17) is 0 Å². The third kappa shape index (κ3) is 6.25. The zero-order chi connectivity index (χ0) is 27.3. The summed E-state index contributed by atoms with van der Waals surface area (Å²) in [6, 6.07) is 20.0. The summed E-state index contributed by atoms with van der Waals surface area (Å²) in [6.45, 7) is 1.20. The Morgan fingerprint density at radius 1 is 1.05 bits per heavy atom. The lowest BCUT2D eigenvalue weighted by Gasteiger charge is -2.30. The maximum absolute atomic E-state index is 13.4. The Bertz CT molecular complexity index is 1430. The number of amides is 1. The van der Waals surface area contributed by atoms with Gasteiger partial charge in [-0.2, -0.15) is 18.4 Å². The molecule has 0 saturated carbocycles. The van der Waals surface area contributed by atoms with Crippen LogP contribution < -0.4 is 5.32 Å². The molecule has 0 aliphatic carbocycles. The van der Waals surface area contributed by atoms with Crippen LogP contribution in [-0.4, -0.2) is 28.8 Å². The summed E-state index contributed by atoms with van der Waals surface area (Å²) in [7, 11) is 0. The Morgan fingerprint density at radius 2 is 1.79 bits per heavy atom. The van der Waals surface area contributed by atoms with Gasteiger partial charge in [0.1, 0.15) is 0 Å². The SMILES string of the molecule is N#Cc1cccc(CN2CCC(c3ccccc3[N+](=O)[O-])=C(C(=O)NCc3ccc(C(F)(F)F)cc3)C2)c1. The fraction of sp³-hybridized carbons (Fsp3) is 0.214. The number of nitro benzene ring substituents is 1. The average molecular weight is 521 g/mol. The van der Waals surface area contributed by atoms with Gasteiger partial charge in [0, 0.05) is 37.8 Å². The molecule has 0 saturated heterocycles. The van der Waals surface area contributed by atoms with Gasteiger partial charge in [0.25, 0.3) is 5.69 Å². The van der Waals surface area contributed by atoms with Gasteiger partial charge in [-0.05, 0) is 53.5 Å². The second-order valence-electron chi connectivity index (χ2n) is 8.88. The third-order valence-corrected chi connectivity index (χ3v) is 6.32.